The molecule has 0 radical (unpaired) electrons. The molecule has 2 aromatic carbocycles. The maximum absolute atomic E-state index is 13.9. The minimum absolute atomic E-state index is 0.0212. The molecule has 1 aliphatic heterocycles. The molecule has 1 saturated heterocycles. The van der Waals surface area contributed by atoms with Crippen LogP contribution in [0.5, 0.6) is 5.75 Å². The van der Waals surface area contributed by atoms with E-state index in [-0.39, 0.29) is 11.5 Å². The largest absolute Gasteiger partial charge is 0.493 e. The van der Waals surface area contributed by atoms with Crippen LogP contribution in [0.1, 0.15) is 66.2 Å². The smallest absolute Gasteiger partial charge is 0.258 e. The van der Waals surface area contributed by atoms with Gasteiger partial charge in [-0.25, -0.2) is 4.39 Å². The molecule has 0 aromatic heterocycles. The summed E-state index contributed by atoms with van der Waals surface area (Å²) in [5.41, 5.74) is 0.947. The summed E-state index contributed by atoms with van der Waals surface area (Å²) >= 11 is 0. The molecule has 170 valence electrons. The molecule has 0 spiro atoms. The van der Waals surface area contributed by atoms with Gasteiger partial charge >= 0.3 is 0 Å². The Hall–Kier alpha value is -2.89. The molecular formula is C26H31FN2O3. The van der Waals surface area contributed by atoms with E-state index in [1.807, 2.05) is 11.8 Å². The number of likely N-dealkylation sites (tertiary alicyclic amines) is 1. The van der Waals surface area contributed by atoms with E-state index in [2.05, 4.69) is 5.32 Å². The van der Waals surface area contributed by atoms with Crippen LogP contribution < -0.4 is 10.1 Å². The summed E-state index contributed by atoms with van der Waals surface area (Å²) in [4.78, 5) is 27.8. The van der Waals surface area contributed by atoms with Crippen LogP contribution in [0.4, 0.5) is 10.1 Å². The zero-order valence-corrected chi connectivity index (χ0v) is 18.6. The number of nitrogens with zero attached hydrogens (tertiary/aromatic N) is 1. The van der Waals surface area contributed by atoms with Crippen molar-refractivity contribution in [1.82, 2.24) is 4.90 Å². The summed E-state index contributed by atoms with van der Waals surface area (Å²) in [5.74, 6) is 0.662. The summed E-state index contributed by atoms with van der Waals surface area (Å²) in [6, 6.07) is 10.9. The lowest BCUT2D eigenvalue weighted by atomic mass is 9.75. The van der Waals surface area contributed by atoms with Crippen molar-refractivity contribution in [3.63, 3.8) is 0 Å². The van der Waals surface area contributed by atoms with Crippen molar-refractivity contribution in [3.05, 3.63) is 59.4 Å². The number of amides is 2. The van der Waals surface area contributed by atoms with Crippen molar-refractivity contribution in [2.24, 2.45) is 11.8 Å². The average molecular weight is 439 g/mol. The van der Waals surface area contributed by atoms with Gasteiger partial charge in [-0.15, -0.1) is 0 Å². The van der Waals surface area contributed by atoms with Gasteiger partial charge in [0.25, 0.3) is 11.8 Å². The van der Waals surface area contributed by atoms with Crippen LogP contribution in [0.2, 0.25) is 0 Å². The standard InChI is InChI=1S/C26H31FN2O3/c1-2-15-32-24-16-20(28-25(30)21-9-5-6-10-23(21)27)11-12-22(24)26(31)29-14-13-18-7-3-4-8-19(18)17-29/h5-6,9-12,16,18-19H,2-4,7-8,13-15,17H2,1H3,(H,28,30)/t18-,19+/m1/s1. The maximum Gasteiger partial charge on any atom is 0.258 e. The zero-order valence-electron chi connectivity index (χ0n) is 18.6. The van der Waals surface area contributed by atoms with Gasteiger partial charge in [0.1, 0.15) is 11.6 Å². The fourth-order valence-electron chi connectivity index (χ4n) is 4.91. The summed E-state index contributed by atoms with van der Waals surface area (Å²) in [7, 11) is 0. The first-order valence-electron chi connectivity index (χ1n) is 11.7. The molecule has 32 heavy (non-hydrogen) atoms. The molecule has 1 saturated carbocycles. The highest BCUT2D eigenvalue weighted by atomic mass is 19.1. The highest BCUT2D eigenvalue weighted by Gasteiger charge is 2.34. The number of rotatable bonds is 6. The van der Waals surface area contributed by atoms with Crippen LogP contribution in [-0.4, -0.2) is 36.4 Å². The van der Waals surface area contributed by atoms with E-state index in [0.717, 1.165) is 31.8 Å². The third-order valence-corrected chi connectivity index (χ3v) is 6.63. The summed E-state index contributed by atoms with van der Waals surface area (Å²) in [6.07, 6.45) is 6.92. The van der Waals surface area contributed by atoms with E-state index < -0.39 is 11.7 Å². The van der Waals surface area contributed by atoms with E-state index in [4.69, 9.17) is 4.74 Å². The number of piperidine rings is 1. The summed E-state index contributed by atoms with van der Waals surface area (Å²) in [6.45, 7) is 4.05. The molecule has 0 bridgehead atoms. The lowest BCUT2D eigenvalue weighted by molar-refractivity contribution is 0.0517. The fourth-order valence-corrected chi connectivity index (χ4v) is 4.91. The van der Waals surface area contributed by atoms with Crippen LogP contribution in [0.15, 0.2) is 42.5 Å². The highest BCUT2D eigenvalue weighted by molar-refractivity contribution is 6.05. The third kappa shape index (κ3) is 4.95. The zero-order chi connectivity index (χ0) is 22.5. The highest BCUT2D eigenvalue weighted by Crippen LogP contribution is 2.37. The molecule has 2 aliphatic rings. The molecule has 6 heteroatoms. The number of ether oxygens (including phenoxy) is 1. The fraction of sp³-hybridized carbons (Fsp3) is 0.462. The maximum atomic E-state index is 13.9. The lowest BCUT2D eigenvalue weighted by Crippen LogP contribution is -2.44. The Morgan fingerprint density at radius 1 is 1.06 bits per heavy atom. The Morgan fingerprint density at radius 2 is 1.84 bits per heavy atom. The Balaban J connectivity index is 1.52. The Morgan fingerprint density at radius 3 is 2.62 bits per heavy atom. The van der Waals surface area contributed by atoms with Gasteiger partial charge in [0, 0.05) is 24.8 Å². The first-order chi connectivity index (χ1) is 15.6. The van der Waals surface area contributed by atoms with Gasteiger partial charge < -0.3 is 15.0 Å². The van der Waals surface area contributed by atoms with Gasteiger partial charge in [0.15, 0.2) is 0 Å². The number of nitrogens with one attached hydrogen (secondary N) is 1. The Labute approximate surface area is 188 Å². The third-order valence-electron chi connectivity index (χ3n) is 6.63. The Kier molecular flexibility index (Phi) is 7.08. The summed E-state index contributed by atoms with van der Waals surface area (Å²) < 4.78 is 19.8. The second-order valence-electron chi connectivity index (χ2n) is 8.84. The van der Waals surface area contributed by atoms with Gasteiger partial charge in [-0.05, 0) is 55.4 Å². The molecule has 2 amide bonds. The van der Waals surface area contributed by atoms with Crippen molar-refractivity contribution in [3.8, 4) is 5.75 Å². The second-order valence-corrected chi connectivity index (χ2v) is 8.84. The van der Waals surface area contributed by atoms with Crippen LogP contribution in [0, 0.1) is 17.7 Å². The number of carbonyl (C=O) groups is 2. The first-order valence-corrected chi connectivity index (χ1v) is 11.7. The number of fused-ring (bicyclic) bond motifs is 1. The molecule has 2 aromatic rings. The van der Waals surface area contributed by atoms with Crippen LogP contribution in [-0.2, 0) is 0 Å². The SMILES string of the molecule is CCCOc1cc(NC(=O)c2ccccc2F)ccc1C(=O)N1CC[C@H]2CCCC[C@H]2C1. The molecule has 5 nitrogen and oxygen atoms in total. The van der Waals surface area contributed by atoms with E-state index in [9.17, 15) is 14.0 Å². The van der Waals surface area contributed by atoms with Crippen molar-refractivity contribution in [2.75, 3.05) is 25.0 Å². The number of benzene rings is 2. The molecule has 1 N–H and O–H groups in total. The van der Waals surface area contributed by atoms with E-state index >= 15 is 0 Å². The predicted molar refractivity (Wildman–Crippen MR) is 123 cm³/mol. The van der Waals surface area contributed by atoms with Crippen molar-refractivity contribution >= 4 is 17.5 Å². The minimum Gasteiger partial charge on any atom is -0.493 e. The van der Waals surface area contributed by atoms with Crippen LogP contribution >= 0.6 is 0 Å². The second kappa shape index (κ2) is 10.2. The Bertz CT molecular complexity index is 977. The quantitative estimate of drug-likeness (QED) is 0.646. The number of carbonyl (C=O) groups excluding carboxylic acids is 2. The van der Waals surface area contributed by atoms with Crippen LogP contribution in [0.3, 0.4) is 0 Å². The average Bonchev–Trinajstić information content (AvgIpc) is 2.82. The topological polar surface area (TPSA) is 58.6 Å². The van der Waals surface area contributed by atoms with Crippen LogP contribution in [0.25, 0.3) is 0 Å². The van der Waals surface area contributed by atoms with Gasteiger partial charge in [-0.3, -0.25) is 9.59 Å². The van der Waals surface area contributed by atoms with Gasteiger partial charge in [0.05, 0.1) is 17.7 Å². The normalized spacial score (nSPS) is 20.4. The number of halogens is 1. The van der Waals surface area contributed by atoms with Crippen molar-refractivity contribution in [1.29, 1.82) is 0 Å². The monoisotopic (exact) mass is 438 g/mol. The number of hydrogen-bond donors (Lipinski definition) is 1. The lowest BCUT2D eigenvalue weighted by Gasteiger charge is -2.41. The van der Waals surface area contributed by atoms with Crippen molar-refractivity contribution < 1.29 is 18.7 Å². The molecule has 2 fully saturated rings. The summed E-state index contributed by atoms with van der Waals surface area (Å²) in [5, 5.41) is 2.71. The molecular weight excluding hydrogens is 407 g/mol. The number of hydrogen-bond acceptors (Lipinski definition) is 3. The molecule has 1 aliphatic carbocycles. The molecule has 2 atom stereocenters. The van der Waals surface area contributed by atoms with Crippen molar-refractivity contribution in [2.45, 2.75) is 45.4 Å². The molecule has 4 rings (SSSR count). The van der Waals surface area contributed by atoms with E-state index in [1.54, 1.807) is 30.3 Å². The predicted octanol–water partition coefficient (Wildman–Crippen LogP) is 5.52. The number of anilines is 1. The van der Waals surface area contributed by atoms with Gasteiger partial charge in [-0.2, -0.15) is 0 Å². The van der Waals surface area contributed by atoms with Gasteiger partial charge in [0.2, 0.25) is 0 Å². The first kappa shape index (κ1) is 22.3. The van der Waals surface area contributed by atoms with E-state index in [0.29, 0.717) is 29.5 Å². The minimum atomic E-state index is -0.578. The van der Waals surface area contributed by atoms with E-state index in [1.165, 1.54) is 37.8 Å². The molecule has 1 heterocycles. The van der Waals surface area contributed by atoms with Gasteiger partial charge in [-0.1, -0.05) is 38.3 Å². The molecule has 0 unspecified atom stereocenters.